The maximum absolute atomic E-state index is 10.3. The van der Waals surface area contributed by atoms with Crippen molar-refractivity contribution >= 4 is 11.6 Å². The molecule has 0 bridgehead atoms. The first-order chi connectivity index (χ1) is 8.84. The zero-order valence-corrected chi connectivity index (χ0v) is 13.2. The number of halogens is 1. The number of aliphatic hydroxyl groups is 1. The smallest absolute Gasteiger partial charge is 0.0746 e. The second-order valence-corrected chi connectivity index (χ2v) is 6.42. The van der Waals surface area contributed by atoms with Crippen LogP contribution in [0, 0.1) is 5.92 Å². The summed E-state index contributed by atoms with van der Waals surface area (Å²) in [5.41, 5.74) is 0.556. The van der Waals surface area contributed by atoms with E-state index in [-0.39, 0.29) is 6.04 Å². The predicted molar refractivity (Wildman–Crippen MR) is 82.6 cm³/mol. The SMILES string of the molecule is CCC(NCC(C)(O)CC(C)C)c1ccc(Cl)cc1. The number of rotatable bonds is 7. The quantitative estimate of drug-likeness (QED) is 0.787. The van der Waals surface area contributed by atoms with Crippen LogP contribution in [0.3, 0.4) is 0 Å². The maximum atomic E-state index is 10.3. The van der Waals surface area contributed by atoms with Crippen molar-refractivity contribution in [3.8, 4) is 0 Å². The fraction of sp³-hybridized carbons (Fsp3) is 0.625. The van der Waals surface area contributed by atoms with E-state index in [0.29, 0.717) is 12.5 Å². The predicted octanol–water partition coefficient (Wildman–Crippen LogP) is 4.18. The molecule has 0 saturated carbocycles. The highest BCUT2D eigenvalue weighted by molar-refractivity contribution is 6.30. The topological polar surface area (TPSA) is 32.3 Å². The van der Waals surface area contributed by atoms with Gasteiger partial charge in [0.15, 0.2) is 0 Å². The highest BCUT2D eigenvalue weighted by Crippen LogP contribution is 2.21. The third-order valence-corrected chi connectivity index (χ3v) is 3.51. The second-order valence-electron chi connectivity index (χ2n) is 5.99. The molecule has 2 atom stereocenters. The van der Waals surface area contributed by atoms with Crippen molar-refractivity contribution in [3.05, 3.63) is 34.9 Å². The molecule has 1 aromatic carbocycles. The van der Waals surface area contributed by atoms with Gasteiger partial charge in [-0.05, 0) is 43.4 Å². The van der Waals surface area contributed by atoms with Crippen LogP contribution in [-0.2, 0) is 0 Å². The first kappa shape index (κ1) is 16.5. The van der Waals surface area contributed by atoms with Gasteiger partial charge in [-0.3, -0.25) is 0 Å². The second kappa shape index (κ2) is 7.28. The Morgan fingerprint density at radius 2 is 1.84 bits per heavy atom. The van der Waals surface area contributed by atoms with Gasteiger partial charge >= 0.3 is 0 Å². The molecule has 0 aliphatic rings. The van der Waals surface area contributed by atoms with Gasteiger partial charge in [0.05, 0.1) is 5.60 Å². The summed E-state index contributed by atoms with van der Waals surface area (Å²) in [7, 11) is 0. The van der Waals surface area contributed by atoms with Gasteiger partial charge in [0.1, 0.15) is 0 Å². The van der Waals surface area contributed by atoms with Crippen molar-refractivity contribution < 1.29 is 5.11 Å². The highest BCUT2D eigenvalue weighted by atomic mass is 35.5. The Bertz CT molecular complexity index is 373. The van der Waals surface area contributed by atoms with Gasteiger partial charge in [-0.15, -0.1) is 0 Å². The van der Waals surface area contributed by atoms with E-state index >= 15 is 0 Å². The molecule has 2 unspecified atom stereocenters. The number of hydrogen-bond acceptors (Lipinski definition) is 2. The highest BCUT2D eigenvalue weighted by Gasteiger charge is 2.23. The summed E-state index contributed by atoms with van der Waals surface area (Å²) in [5.74, 6) is 0.493. The lowest BCUT2D eigenvalue weighted by Gasteiger charge is -2.28. The lowest BCUT2D eigenvalue weighted by atomic mass is 9.93. The van der Waals surface area contributed by atoms with Crippen LogP contribution in [0.1, 0.15) is 52.1 Å². The van der Waals surface area contributed by atoms with E-state index in [1.165, 1.54) is 5.56 Å². The van der Waals surface area contributed by atoms with E-state index in [2.05, 4.69) is 26.1 Å². The summed E-state index contributed by atoms with van der Waals surface area (Å²) >= 11 is 5.91. The van der Waals surface area contributed by atoms with Crippen LogP contribution in [0.15, 0.2) is 24.3 Å². The van der Waals surface area contributed by atoms with Crippen molar-refractivity contribution in [2.75, 3.05) is 6.54 Å². The van der Waals surface area contributed by atoms with Crippen LogP contribution in [0.4, 0.5) is 0 Å². The van der Waals surface area contributed by atoms with Crippen LogP contribution >= 0.6 is 11.6 Å². The molecule has 2 N–H and O–H groups in total. The van der Waals surface area contributed by atoms with Gasteiger partial charge in [0, 0.05) is 17.6 Å². The van der Waals surface area contributed by atoms with Crippen LogP contribution in [0.25, 0.3) is 0 Å². The van der Waals surface area contributed by atoms with Gasteiger partial charge in [0.2, 0.25) is 0 Å². The van der Waals surface area contributed by atoms with Crippen molar-refractivity contribution in [1.82, 2.24) is 5.32 Å². The summed E-state index contributed by atoms with van der Waals surface area (Å²) in [4.78, 5) is 0. The largest absolute Gasteiger partial charge is 0.389 e. The van der Waals surface area contributed by atoms with Crippen molar-refractivity contribution in [2.45, 2.75) is 52.2 Å². The number of benzene rings is 1. The van der Waals surface area contributed by atoms with E-state index in [9.17, 15) is 5.11 Å². The molecule has 1 rings (SSSR count). The molecule has 0 radical (unpaired) electrons. The molecule has 0 heterocycles. The normalized spacial score (nSPS) is 16.4. The summed E-state index contributed by atoms with van der Waals surface area (Å²) in [6.45, 7) is 8.90. The molecule has 0 saturated heterocycles. The fourth-order valence-electron chi connectivity index (χ4n) is 2.49. The first-order valence-corrected chi connectivity index (χ1v) is 7.43. The van der Waals surface area contributed by atoms with Crippen LogP contribution in [-0.4, -0.2) is 17.3 Å². The monoisotopic (exact) mass is 283 g/mol. The summed E-state index contributed by atoms with van der Waals surface area (Å²) in [5, 5.41) is 14.5. The van der Waals surface area contributed by atoms with E-state index in [1.54, 1.807) is 0 Å². The van der Waals surface area contributed by atoms with Crippen molar-refractivity contribution in [1.29, 1.82) is 0 Å². The lowest BCUT2D eigenvalue weighted by Crippen LogP contribution is -2.40. The summed E-state index contributed by atoms with van der Waals surface area (Å²) < 4.78 is 0. The molecular weight excluding hydrogens is 258 g/mol. The Labute approximate surface area is 122 Å². The molecule has 0 aliphatic carbocycles. The minimum absolute atomic E-state index is 0.260. The van der Waals surface area contributed by atoms with Crippen LogP contribution < -0.4 is 5.32 Å². The number of nitrogens with one attached hydrogen (secondary N) is 1. The van der Waals surface area contributed by atoms with Gasteiger partial charge in [-0.2, -0.15) is 0 Å². The molecule has 2 nitrogen and oxygen atoms in total. The Morgan fingerprint density at radius 1 is 1.26 bits per heavy atom. The molecule has 19 heavy (non-hydrogen) atoms. The van der Waals surface area contributed by atoms with E-state index in [0.717, 1.165) is 17.9 Å². The van der Waals surface area contributed by atoms with Gasteiger partial charge < -0.3 is 10.4 Å². The molecule has 0 spiro atoms. The fourth-order valence-corrected chi connectivity index (χ4v) is 2.61. The number of hydrogen-bond donors (Lipinski definition) is 2. The molecule has 0 aliphatic heterocycles. The molecule has 108 valence electrons. The summed E-state index contributed by atoms with van der Waals surface area (Å²) in [6, 6.07) is 8.17. The average molecular weight is 284 g/mol. The lowest BCUT2D eigenvalue weighted by molar-refractivity contribution is 0.0357. The average Bonchev–Trinajstić information content (AvgIpc) is 2.30. The zero-order valence-electron chi connectivity index (χ0n) is 12.4. The Kier molecular flexibility index (Phi) is 6.31. The van der Waals surface area contributed by atoms with Crippen LogP contribution in [0.2, 0.25) is 5.02 Å². The third-order valence-electron chi connectivity index (χ3n) is 3.26. The molecule has 3 heteroatoms. The Morgan fingerprint density at radius 3 is 2.32 bits per heavy atom. The van der Waals surface area contributed by atoms with Crippen molar-refractivity contribution in [3.63, 3.8) is 0 Å². The van der Waals surface area contributed by atoms with E-state index in [4.69, 9.17) is 11.6 Å². The van der Waals surface area contributed by atoms with Gasteiger partial charge in [0.25, 0.3) is 0 Å². The van der Waals surface area contributed by atoms with Crippen LogP contribution in [0.5, 0.6) is 0 Å². The van der Waals surface area contributed by atoms with Gasteiger partial charge in [-0.1, -0.05) is 44.5 Å². The minimum Gasteiger partial charge on any atom is -0.389 e. The maximum Gasteiger partial charge on any atom is 0.0746 e. The Balaban J connectivity index is 2.60. The molecule has 0 amide bonds. The molecule has 0 aromatic heterocycles. The minimum atomic E-state index is -0.659. The summed E-state index contributed by atoms with van der Waals surface area (Å²) in [6.07, 6.45) is 1.79. The molecule has 1 aromatic rings. The Hall–Kier alpha value is -0.570. The molecular formula is C16H26ClNO. The first-order valence-electron chi connectivity index (χ1n) is 7.05. The zero-order chi connectivity index (χ0) is 14.5. The third kappa shape index (κ3) is 5.94. The van der Waals surface area contributed by atoms with E-state index in [1.807, 2.05) is 31.2 Å². The molecule has 0 fully saturated rings. The van der Waals surface area contributed by atoms with E-state index < -0.39 is 5.60 Å². The van der Waals surface area contributed by atoms with Gasteiger partial charge in [-0.25, -0.2) is 0 Å². The standard InChI is InChI=1S/C16H26ClNO/c1-5-15(13-6-8-14(17)9-7-13)18-11-16(4,19)10-12(2)3/h6-9,12,15,18-19H,5,10-11H2,1-4H3. The van der Waals surface area contributed by atoms with Crippen molar-refractivity contribution in [2.24, 2.45) is 5.92 Å².